The van der Waals surface area contributed by atoms with Gasteiger partial charge in [-0.3, -0.25) is 0 Å². The molecule has 0 amide bonds. The summed E-state index contributed by atoms with van der Waals surface area (Å²) in [7, 11) is 0. The second-order valence-electron chi connectivity index (χ2n) is 2.50. The molecule has 0 saturated carbocycles. The second-order valence-corrected chi connectivity index (χ2v) is 2.50. The van der Waals surface area contributed by atoms with Crippen LogP contribution in [0.1, 0.15) is 16.1 Å². The standard InChI is InChI=1S/C8H3F3N2O3/c9-8(10,11)16-5-1-2-13-4(3-12)6(5)7(14)15/h1-2H,(H,14,15). The number of halogens is 3. The Morgan fingerprint density at radius 3 is 2.62 bits per heavy atom. The molecule has 0 aromatic carbocycles. The summed E-state index contributed by atoms with van der Waals surface area (Å²) in [6.45, 7) is 0. The molecule has 0 saturated heterocycles. The fraction of sp³-hybridized carbons (Fsp3) is 0.125. The monoisotopic (exact) mass is 232 g/mol. The Morgan fingerprint density at radius 1 is 1.56 bits per heavy atom. The van der Waals surface area contributed by atoms with E-state index in [1.807, 2.05) is 0 Å². The zero-order valence-electron chi connectivity index (χ0n) is 7.45. The van der Waals surface area contributed by atoms with Crippen LogP contribution in [0.15, 0.2) is 12.3 Å². The van der Waals surface area contributed by atoms with E-state index in [4.69, 9.17) is 10.4 Å². The largest absolute Gasteiger partial charge is 0.573 e. The predicted molar refractivity (Wildman–Crippen MR) is 42.6 cm³/mol. The maximum atomic E-state index is 11.9. The number of hydrogen-bond acceptors (Lipinski definition) is 4. The summed E-state index contributed by atoms with van der Waals surface area (Å²) in [6, 6.07) is 2.08. The Bertz CT molecular complexity index is 465. The average Bonchev–Trinajstić information content (AvgIpc) is 2.14. The Hall–Kier alpha value is -2.30. The van der Waals surface area contributed by atoms with E-state index in [1.165, 1.54) is 6.07 Å². The molecule has 0 aliphatic heterocycles. The summed E-state index contributed by atoms with van der Waals surface area (Å²) >= 11 is 0. The van der Waals surface area contributed by atoms with Gasteiger partial charge in [-0.05, 0) is 6.07 Å². The van der Waals surface area contributed by atoms with Gasteiger partial charge in [-0.25, -0.2) is 9.78 Å². The summed E-state index contributed by atoms with van der Waals surface area (Å²) in [4.78, 5) is 14.0. The van der Waals surface area contributed by atoms with Gasteiger partial charge in [-0.15, -0.1) is 13.2 Å². The number of carbonyl (C=O) groups is 1. The minimum atomic E-state index is -5.03. The molecule has 1 aromatic rings. The van der Waals surface area contributed by atoms with Crippen molar-refractivity contribution in [3.05, 3.63) is 23.5 Å². The molecule has 0 spiro atoms. The second kappa shape index (κ2) is 4.06. The molecule has 0 radical (unpaired) electrons. The normalized spacial score (nSPS) is 10.6. The lowest BCUT2D eigenvalue weighted by Gasteiger charge is -2.10. The Balaban J connectivity index is 3.30. The van der Waals surface area contributed by atoms with Crippen molar-refractivity contribution >= 4 is 5.97 Å². The number of aromatic nitrogens is 1. The zero-order valence-corrected chi connectivity index (χ0v) is 7.45. The van der Waals surface area contributed by atoms with Crippen LogP contribution < -0.4 is 4.74 Å². The maximum absolute atomic E-state index is 11.9. The number of rotatable bonds is 2. The summed E-state index contributed by atoms with van der Waals surface area (Å²) in [5.41, 5.74) is -1.56. The first-order chi connectivity index (χ1) is 7.35. The first-order valence-corrected chi connectivity index (χ1v) is 3.73. The van der Waals surface area contributed by atoms with E-state index >= 15 is 0 Å². The number of carboxylic acid groups (broad SMARTS) is 1. The number of ether oxygens (including phenoxy) is 1. The molecular weight excluding hydrogens is 229 g/mol. The van der Waals surface area contributed by atoms with Crippen LogP contribution in [0, 0.1) is 11.3 Å². The van der Waals surface area contributed by atoms with Gasteiger partial charge in [-0.2, -0.15) is 5.26 Å². The lowest BCUT2D eigenvalue weighted by atomic mass is 10.2. The minimum absolute atomic E-state index is 0.644. The van der Waals surface area contributed by atoms with Crippen molar-refractivity contribution in [1.29, 1.82) is 5.26 Å². The summed E-state index contributed by atoms with van der Waals surface area (Å²) in [5.74, 6) is -2.68. The Labute approximate surface area is 86.7 Å². The van der Waals surface area contributed by atoms with E-state index in [9.17, 15) is 18.0 Å². The Morgan fingerprint density at radius 2 is 2.19 bits per heavy atom. The van der Waals surface area contributed by atoms with Crippen LogP contribution in [-0.4, -0.2) is 22.4 Å². The predicted octanol–water partition coefficient (Wildman–Crippen LogP) is 1.55. The topological polar surface area (TPSA) is 83.2 Å². The molecule has 0 aliphatic carbocycles. The van der Waals surface area contributed by atoms with Crippen LogP contribution >= 0.6 is 0 Å². The molecule has 0 fully saturated rings. The zero-order chi connectivity index (χ0) is 12.3. The molecule has 84 valence electrons. The highest BCUT2D eigenvalue weighted by molar-refractivity contribution is 5.93. The molecule has 0 unspecified atom stereocenters. The average molecular weight is 232 g/mol. The van der Waals surface area contributed by atoms with E-state index in [1.54, 1.807) is 0 Å². The molecule has 1 heterocycles. The smallest absolute Gasteiger partial charge is 0.477 e. The van der Waals surface area contributed by atoms with Crippen molar-refractivity contribution in [2.75, 3.05) is 0 Å². The van der Waals surface area contributed by atoms with Gasteiger partial charge in [0.1, 0.15) is 17.4 Å². The number of nitriles is 1. The van der Waals surface area contributed by atoms with Crippen molar-refractivity contribution < 1.29 is 27.8 Å². The summed E-state index contributed by atoms with van der Waals surface area (Å²) in [6.07, 6.45) is -4.18. The van der Waals surface area contributed by atoms with Crippen LogP contribution in [0.2, 0.25) is 0 Å². The fourth-order valence-electron chi connectivity index (χ4n) is 0.945. The summed E-state index contributed by atoms with van der Waals surface area (Å²) < 4.78 is 39.2. The van der Waals surface area contributed by atoms with Crippen LogP contribution in [0.3, 0.4) is 0 Å². The SMILES string of the molecule is N#Cc1nccc(OC(F)(F)F)c1C(=O)O. The van der Waals surface area contributed by atoms with Gasteiger partial charge in [-0.1, -0.05) is 0 Å². The number of carboxylic acids is 1. The van der Waals surface area contributed by atoms with Crippen molar-refractivity contribution in [1.82, 2.24) is 4.98 Å². The molecule has 0 aliphatic rings. The van der Waals surface area contributed by atoms with Gasteiger partial charge in [0, 0.05) is 6.20 Å². The van der Waals surface area contributed by atoms with Crippen LogP contribution in [-0.2, 0) is 0 Å². The molecule has 1 rings (SSSR count). The highest BCUT2D eigenvalue weighted by atomic mass is 19.4. The van der Waals surface area contributed by atoms with E-state index in [2.05, 4.69) is 9.72 Å². The molecule has 0 bridgehead atoms. The highest BCUT2D eigenvalue weighted by Crippen LogP contribution is 2.27. The van der Waals surface area contributed by atoms with Gasteiger partial charge in [0.25, 0.3) is 0 Å². The van der Waals surface area contributed by atoms with E-state index in [0.717, 1.165) is 12.3 Å². The number of nitrogens with zero attached hydrogens (tertiary/aromatic N) is 2. The van der Waals surface area contributed by atoms with Crippen LogP contribution in [0.4, 0.5) is 13.2 Å². The molecule has 16 heavy (non-hydrogen) atoms. The van der Waals surface area contributed by atoms with Crippen LogP contribution in [0.25, 0.3) is 0 Å². The summed E-state index contributed by atoms with van der Waals surface area (Å²) in [5, 5.41) is 17.1. The lowest BCUT2D eigenvalue weighted by molar-refractivity contribution is -0.274. The van der Waals surface area contributed by atoms with E-state index in [-0.39, 0.29) is 0 Å². The van der Waals surface area contributed by atoms with Crippen molar-refractivity contribution in [3.8, 4) is 11.8 Å². The number of hydrogen-bond donors (Lipinski definition) is 1. The maximum Gasteiger partial charge on any atom is 0.573 e. The molecule has 0 atom stereocenters. The highest BCUT2D eigenvalue weighted by Gasteiger charge is 2.34. The third-order valence-electron chi connectivity index (χ3n) is 1.46. The Kier molecular flexibility index (Phi) is 2.99. The van der Waals surface area contributed by atoms with Gasteiger partial charge < -0.3 is 9.84 Å². The molecule has 1 N–H and O–H groups in total. The van der Waals surface area contributed by atoms with Gasteiger partial charge in [0.15, 0.2) is 5.69 Å². The van der Waals surface area contributed by atoms with Gasteiger partial charge in [0.05, 0.1) is 0 Å². The quantitative estimate of drug-likeness (QED) is 0.836. The van der Waals surface area contributed by atoms with E-state index in [0.29, 0.717) is 0 Å². The minimum Gasteiger partial charge on any atom is -0.477 e. The lowest BCUT2D eigenvalue weighted by Crippen LogP contribution is -2.19. The van der Waals surface area contributed by atoms with E-state index < -0.39 is 29.3 Å². The van der Waals surface area contributed by atoms with Crippen molar-refractivity contribution in [2.24, 2.45) is 0 Å². The number of alkyl halides is 3. The third kappa shape index (κ3) is 2.60. The fourth-order valence-corrected chi connectivity index (χ4v) is 0.945. The molecule has 5 nitrogen and oxygen atoms in total. The van der Waals surface area contributed by atoms with Crippen molar-refractivity contribution in [2.45, 2.75) is 6.36 Å². The molecular formula is C8H3F3N2O3. The van der Waals surface area contributed by atoms with Crippen molar-refractivity contribution in [3.63, 3.8) is 0 Å². The number of pyridine rings is 1. The van der Waals surface area contributed by atoms with Gasteiger partial charge >= 0.3 is 12.3 Å². The number of aromatic carboxylic acids is 1. The molecule has 1 aromatic heterocycles. The van der Waals surface area contributed by atoms with Crippen LogP contribution in [0.5, 0.6) is 5.75 Å². The molecule has 8 heteroatoms. The first-order valence-electron chi connectivity index (χ1n) is 3.73. The van der Waals surface area contributed by atoms with Gasteiger partial charge in [0.2, 0.25) is 0 Å². The third-order valence-corrected chi connectivity index (χ3v) is 1.46. The first kappa shape index (κ1) is 11.8.